The molecule has 0 radical (unpaired) electrons. The second-order valence-corrected chi connectivity index (χ2v) is 4.60. The summed E-state index contributed by atoms with van der Waals surface area (Å²) in [6.07, 6.45) is 4.22. The summed E-state index contributed by atoms with van der Waals surface area (Å²) in [6, 6.07) is 0.0117. The molecule has 1 aliphatic rings. The Labute approximate surface area is 104 Å². The van der Waals surface area contributed by atoms with E-state index < -0.39 is 0 Å². The van der Waals surface area contributed by atoms with Crippen LogP contribution in [0.3, 0.4) is 0 Å². The molecule has 0 aromatic heterocycles. The Morgan fingerprint density at radius 2 is 2.29 bits per heavy atom. The zero-order valence-corrected chi connectivity index (χ0v) is 11.2. The van der Waals surface area contributed by atoms with Gasteiger partial charge in [0.2, 0.25) is 0 Å². The van der Waals surface area contributed by atoms with E-state index in [1.807, 2.05) is 6.92 Å². The first-order chi connectivity index (χ1) is 8.19. The van der Waals surface area contributed by atoms with Crippen molar-refractivity contribution in [2.45, 2.75) is 64.6 Å². The van der Waals surface area contributed by atoms with Gasteiger partial charge in [0.1, 0.15) is 6.04 Å². The molecule has 1 rings (SSSR count). The van der Waals surface area contributed by atoms with Crippen molar-refractivity contribution in [1.29, 1.82) is 0 Å². The first kappa shape index (κ1) is 14.5. The van der Waals surface area contributed by atoms with Crippen LogP contribution in [0.2, 0.25) is 0 Å². The maximum Gasteiger partial charge on any atom is 0.323 e. The highest BCUT2D eigenvalue weighted by Gasteiger charge is 2.27. The normalized spacial score (nSPS) is 23.4. The average Bonchev–Trinajstić information content (AvgIpc) is 2.82. The van der Waals surface area contributed by atoms with Crippen molar-refractivity contribution in [2.24, 2.45) is 0 Å². The first-order valence-electron chi connectivity index (χ1n) is 6.73. The highest BCUT2D eigenvalue weighted by atomic mass is 16.5. The summed E-state index contributed by atoms with van der Waals surface area (Å²) >= 11 is 0. The fraction of sp³-hybridized carbons (Fsp3) is 0.923. The molecule has 3 atom stereocenters. The molecule has 1 saturated heterocycles. The molecule has 0 aromatic carbocycles. The predicted molar refractivity (Wildman–Crippen MR) is 66.9 cm³/mol. The molecule has 4 heteroatoms. The highest BCUT2D eigenvalue weighted by molar-refractivity contribution is 5.75. The van der Waals surface area contributed by atoms with Gasteiger partial charge in [0, 0.05) is 12.6 Å². The molecule has 1 N–H and O–H groups in total. The highest BCUT2D eigenvalue weighted by Crippen LogP contribution is 2.16. The monoisotopic (exact) mass is 243 g/mol. The van der Waals surface area contributed by atoms with Crippen LogP contribution in [0.5, 0.6) is 0 Å². The molecule has 100 valence electrons. The van der Waals surface area contributed by atoms with Gasteiger partial charge < -0.3 is 9.47 Å². The molecule has 1 heterocycles. The number of hydrogen-bond acceptors (Lipinski definition) is 4. The fourth-order valence-corrected chi connectivity index (χ4v) is 2.22. The SMILES string of the molecule is CCCC(NC(C)C1CCCO1)C(=O)OCC. The van der Waals surface area contributed by atoms with Gasteiger partial charge in [0.15, 0.2) is 0 Å². The second-order valence-electron chi connectivity index (χ2n) is 4.60. The molecule has 17 heavy (non-hydrogen) atoms. The quantitative estimate of drug-likeness (QED) is 0.694. The molecule has 0 saturated carbocycles. The zero-order chi connectivity index (χ0) is 12.7. The lowest BCUT2D eigenvalue weighted by atomic mass is 10.1. The molecule has 0 amide bonds. The Kier molecular flexibility index (Phi) is 6.52. The van der Waals surface area contributed by atoms with E-state index in [1.54, 1.807) is 0 Å². The van der Waals surface area contributed by atoms with Crippen molar-refractivity contribution < 1.29 is 14.3 Å². The molecule has 0 aromatic rings. The van der Waals surface area contributed by atoms with E-state index in [9.17, 15) is 4.79 Å². The average molecular weight is 243 g/mol. The Bertz CT molecular complexity index is 227. The van der Waals surface area contributed by atoms with Crippen molar-refractivity contribution >= 4 is 5.97 Å². The fourth-order valence-electron chi connectivity index (χ4n) is 2.22. The van der Waals surface area contributed by atoms with Gasteiger partial charge in [-0.3, -0.25) is 10.1 Å². The maximum atomic E-state index is 11.8. The first-order valence-corrected chi connectivity index (χ1v) is 6.73. The van der Waals surface area contributed by atoms with Crippen LogP contribution in [-0.4, -0.2) is 37.4 Å². The van der Waals surface area contributed by atoms with E-state index in [4.69, 9.17) is 9.47 Å². The van der Waals surface area contributed by atoms with Crippen LogP contribution in [0.1, 0.15) is 46.5 Å². The molecule has 0 spiro atoms. The topological polar surface area (TPSA) is 47.6 Å². The molecular formula is C13H25NO3. The molecule has 1 fully saturated rings. The third-order valence-electron chi connectivity index (χ3n) is 3.14. The number of carbonyl (C=O) groups excluding carboxylic acids is 1. The lowest BCUT2D eigenvalue weighted by Gasteiger charge is -2.25. The van der Waals surface area contributed by atoms with Crippen LogP contribution in [0.15, 0.2) is 0 Å². The number of ether oxygens (including phenoxy) is 2. The van der Waals surface area contributed by atoms with Crippen molar-refractivity contribution in [3.8, 4) is 0 Å². The van der Waals surface area contributed by atoms with Crippen LogP contribution in [0, 0.1) is 0 Å². The van der Waals surface area contributed by atoms with Gasteiger partial charge in [-0.1, -0.05) is 13.3 Å². The third-order valence-corrected chi connectivity index (χ3v) is 3.14. The van der Waals surface area contributed by atoms with Gasteiger partial charge in [-0.05, 0) is 33.1 Å². The third kappa shape index (κ3) is 4.64. The summed E-state index contributed by atoms with van der Waals surface area (Å²) in [5.74, 6) is -0.140. The van der Waals surface area contributed by atoms with Crippen LogP contribution < -0.4 is 5.32 Å². The van der Waals surface area contributed by atoms with E-state index in [-0.39, 0.29) is 24.2 Å². The van der Waals surface area contributed by atoms with E-state index in [0.717, 1.165) is 32.3 Å². The van der Waals surface area contributed by atoms with E-state index >= 15 is 0 Å². The summed E-state index contributed by atoms with van der Waals surface area (Å²) in [5, 5.41) is 3.34. The summed E-state index contributed by atoms with van der Waals surface area (Å²) < 4.78 is 10.7. The van der Waals surface area contributed by atoms with Crippen LogP contribution in [-0.2, 0) is 14.3 Å². The minimum Gasteiger partial charge on any atom is -0.465 e. The molecule has 3 unspecified atom stereocenters. The van der Waals surface area contributed by atoms with E-state index in [1.165, 1.54) is 0 Å². The standard InChI is InChI=1S/C13H25NO3/c1-4-7-11(13(15)16-5-2)14-10(3)12-8-6-9-17-12/h10-12,14H,4-9H2,1-3H3. The van der Waals surface area contributed by atoms with Crippen LogP contribution >= 0.6 is 0 Å². The largest absolute Gasteiger partial charge is 0.465 e. The van der Waals surface area contributed by atoms with Gasteiger partial charge in [-0.25, -0.2) is 0 Å². The summed E-state index contributed by atoms with van der Waals surface area (Å²) in [6.45, 7) is 7.27. The van der Waals surface area contributed by atoms with Gasteiger partial charge in [0.25, 0.3) is 0 Å². The van der Waals surface area contributed by atoms with Gasteiger partial charge >= 0.3 is 5.97 Å². The summed E-state index contributed by atoms with van der Waals surface area (Å²) in [4.78, 5) is 11.8. The molecule has 0 bridgehead atoms. The van der Waals surface area contributed by atoms with Crippen molar-refractivity contribution in [1.82, 2.24) is 5.32 Å². The zero-order valence-electron chi connectivity index (χ0n) is 11.2. The number of nitrogens with one attached hydrogen (secondary N) is 1. The maximum absolute atomic E-state index is 11.8. The Balaban J connectivity index is 2.43. The minimum atomic E-state index is -0.195. The van der Waals surface area contributed by atoms with E-state index in [2.05, 4.69) is 19.2 Å². The summed E-state index contributed by atoms with van der Waals surface area (Å²) in [5.41, 5.74) is 0. The Morgan fingerprint density at radius 3 is 2.82 bits per heavy atom. The van der Waals surface area contributed by atoms with E-state index in [0.29, 0.717) is 6.61 Å². The predicted octanol–water partition coefficient (Wildman–Crippen LogP) is 1.88. The molecule has 4 nitrogen and oxygen atoms in total. The minimum absolute atomic E-state index is 0.140. The Hall–Kier alpha value is -0.610. The Morgan fingerprint density at radius 1 is 1.53 bits per heavy atom. The van der Waals surface area contributed by atoms with Crippen molar-refractivity contribution in [3.63, 3.8) is 0 Å². The number of rotatable bonds is 7. The smallest absolute Gasteiger partial charge is 0.323 e. The van der Waals surface area contributed by atoms with Gasteiger partial charge in [-0.2, -0.15) is 0 Å². The van der Waals surface area contributed by atoms with Gasteiger partial charge in [0.05, 0.1) is 12.7 Å². The molecular weight excluding hydrogens is 218 g/mol. The van der Waals surface area contributed by atoms with Gasteiger partial charge in [-0.15, -0.1) is 0 Å². The lowest BCUT2D eigenvalue weighted by molar-refractivity contribution is -0.146. The number of esters is 1. The van der Waals surface area contributed by atoms with Crippen LogP contribution in [0.4, 0.5) is 0 Å². The van der Waals surface area contributed by atoms with Crippen molar-refractivity contribution in [3.05, 3.63) is 0 Å². The number of hydrogen-bond donors (Lipinski definition) is 1. The number of carbonyl (C=O) groups is 1. The van der Waals surface area contributed by atoms with Crippen molar-refractivity contribution in [2.75, 3.05) is 13.2 Å². The second kappa shape index (κ2) is 7.67. The summed E-state index contributed by atoms with van der Waals surface area (Å²) in [7, 11) is 0. The lowest BCUT2D eigenvalue weighted by Crippen LogP contribution is -2.47. The molecule has 1 aliphatic heterocycles. The molecule has 0 aliphatic carbocycles. The van der Waals surface area contributed by atoms with Crippen LogP contribution in [0.25, 0.3) is 0 Å².